The Morgan fingerprint density at radius 2 is 1.44 bits per heavy atom. The topological polar surface area (TPSA) is 103 Å². The lowest BCUT2D eigenvalue weighted by molar-refractivity contribution is -0.133. The molecule has 0 bridgehead atoms. The quantitative estimate of drug-likeness (QED) is 0.119. The molecule has 0 fully saturated rings. The summed E-state index contributed by atoms with van der Waals surface area (Å²) < 4.78 is 35.4. The number of ether oxygens (including phenoxy) is 4. The summed E-state index contributed by atoms with van der Waals surface area (Å²) in [5, 5.41) is 13.9. The van der Waals surface area contributed by atoms with Crippen LogP contribution < -0.4 is 19.5 Å². The molecule has 4 aromatic rings. The number of carbonyl (C=O) groups is 2. The van der Waals surface area contributed by atoms with E-state index in [1.165, 1.54) is 18.2 Å². The van der Waals surface area contributed by atoms with E-state index < -0.39 is 17.9 Å². The van der Waals surface area contributed by atoms with Crippen molar-refractivity contribution in [3.8, 4) is 23.0 Å². The van der Waals surface area contributed by atoms with E-state index in [0.29, 0.717) is 41.5 Å². The van der Waals surface area contributed by atoms with E-state index in [0.717, 1.165) is 12.0 Å². The maximum Gasteiger partial charge on any atom is 0.338 e. The number of hydrogen-bond donors (Lipinski definition) is 2. The van der Waals surface area contributed by atoms with Gasteiger partial charge in [-0.1, -0.05) is 36.4 Å². The van der Waals surface area contributed by atoms with Gasteiger partial charge in [-0.05, 0) is 99.0 Å². The number of aliphatic hydroxyl groups excluding tert-OH is 1. The second-order valence-electron chi connectivity index (χ2n) is 11.1. The lowest BCUT2D eigenvalue weighted by atomic mass is 9.94. The van der Waals surface area contributed by atoms with Crippen LogP contribution in [0.4, 0.5) is 4.39 Å². The van der Waals surface area contributed by atoms with E-state index in [-0.39, 0.29) is 30.3 Å². The number of nitrogens with one attached hydrogen (secondary N) is 1. The van der Waals surface area contributed by atoms with Crippen molar-refractivity contribution in [1.29, 1.82) is 0 Å². The lowest BCUT2D eigenvalue weighted by Gasteiger charge is -2.28. The minimum atomic E-state index is -0.745. The highest BCUT2D eigenvalue weighted by Gasteiger charge is 2.20. The largest absolute Gasteiger partial charge is 0.491 e. The Labute approximate surface area is 262 Å². The van der Waals surface area contributed by atoms with Crippen molar-refractivity contribution in [2.45, 2.75) is 45.3 Å². The van der Waals surface area contributed by atoms with Gasteiger partial charge in [0.05, 0.1) is 18.6 Å². The summed E-state index contributed by atoms with van der Waals surface area (Å²) in [6.07, 6.45) is -0.0421. The van der Waals surface area contributed by atoms with Crippen LogP contribution in [0.25, 0.3) is 0 Å². The number of hydrogen-bond acceptors (Lipinski definition) is 8. The number of β-amino-alcohol motifs (C(OH)–C–C–N with tert-alkyl or cyclic N) is 1. The third-order valence-electron chi connectivity index (χ3n) is 6.76. The first-order chi connectivity index (χ1) is 21.6. The summed E-state index contributed by atoms with van der Waals surface area (Å²) in [7, 11) is 0. The van der Waals surface area contributed by atoms with Crippen LogP contribution in [0.5, 0.6) is 23.0 Å². The van der Waals surface area contributed by atoms with Crippen molar-refractivity contribution in [1.82, 2.24) is 5.32 Å². The van der Waals surface area contributed by atoms with Gasteiger partial charge in [0, 0.05) is 12.1 Å². The van der Waals surface area contributed by atoms with E-state index in [9.17, 15) is 19.1 Å². The number of aliphatic hydroxyl groups is 1. The molecule has 9 heteroatoms. The molecule has 0 aromatic heterocycles. The van der Waals surface area contributed by atoms with Gasteiger partial charge in [0.25, 0.3) is 0 Å². The lowest BCUT2D eigenvalue weighted by Crippen LogP contribution is -2.46. The molecule has 0 amide bonds. The van der Waals surface area contributed by atoms with Gasteiger partial charge in [-0.3, -0.25) is 4.79 Å². The summed E-state index contributed by atoms with van der Waals surface area (Å²) in [6, 6.07) is 27.2. The highest BCUT2D eigenvalue weighted by atomic mass is 19.1. The van der Waals surface area contributed by atoms with E-state index in [1.54, 1.807) is 61.5 Å². The minimum absolute atomic E-state index is 0.0155. The average Bonchev–Trinajstić information content (AvgIpc) is 3.02. The van der Waals surface area contributed by atoms with Crippen LogP contribution >= 0.6 is 0 Å². The van der Waals surface area contributed by atoms with Crippen molar-refractivity contribution in [3.05, 3.63) is 120 Å². The molecule has 45 heavy (non-hydrogen) atoms. The van der Waals surface area contributed by atoms with Crippen LogP contribution in [0, 0.1) is 5.82 Å². The van der Waals surface area contributed by atoms with Crippen LogP contribution in [0.1, 0.15) is 42.3 Å². The fourth-order valence-electron chi connectivity index (χ4n) is 4.46. The summed E-state index contributed by atoms with van der Waals surface area (Å²) in [5.41, 5.74) is 1.96. The summed E-state index contributed by atoms with van der Waals surface area (Å²) in [6.45, 7) is 6.63. The first-order valence-electron chi connectivity index (χ1n) is 14.7. The van der Waals surface area contributed by atoms with Gasteiger partial charge in [0.1, 0.15) is 30.0 Å². The van der Waals surface area contributed by atoms with Gasteiger partial charge in [0.15, 0.2) is 11.6 Å². The molecular formula is C36H38FNO7. The highest BCUT2D eigenvalue weighted by molar-refractivity contribution is 5.89. The second-order valence-corrected chi connectivity index (χ2v) is 11.1. The monoisotopic (exact) mass is 615 g/mol. The fourth-order valence-corrected chi connectivity index (χ4v) is 4.46. The van der Waals surface area contributed by atoms with Gasteiger partial charge in [0.2, 0.25) is 0 Å². The van der Waals surface area contributed by atoms with Gasteiger partial charge in [-0.2, -0.15) is 0 Å². The second kappa shape index (κ2) is 15.8. The van der Waals surface area contributed by atoms with E-state index in [1.807, 2.05) is 24.3 Å². The zero-order valence-corrected chi connectivity index (χ0v) is 25.6. The molecule has 0 aliphatic carbocycles. The number of benzene rings is 4. The minimum Gasteiger partial charge on any atom is -0.491 e. The Balaban J connectivity index is 1.17. The van der Waals surface area contributed by atoms with Gasteiger partial charge in [-0.15, -0.1) is 0 Å². The molecule has 0 saturated carbocycles. The smallest absolute Gasteiger partial charge is 0.338 e. The fraction of sp³-hybridized carbons (Fsp3) is 0.278. The molecule has 0 heterocycles. The highest BCUT2D eigenvalue weighted by Crippen LogP contribution is 2.24. The van der Waals surface area contributed by atoms with Crippen LogP contribution in [-0.2, 0) is 22.4 Å². The summed E-state index contributed by atoms with van der Waals surface area (Å²) in [5.74, 6) is 0.218. The van der Waals surface area contributed by atoms with Crippen molar-refractivity contribution >= 4 is 11.9 Å². The van der Waals surface area contributed by atoms with Crippen LogP contribution in [-0.4, -0.2) is 48.4 Å². The standard InChI is InChI=1S/C36H38FNO7/c1-4-42-35(41)27-13-19-31(20-14-27)44-30-17-11-26(12-18-30)22-36(2,3)38-23-28(39)24-43-29-15-9-25(10-16-29)21-34(40)45-33-8-6-5-7-32(33)37/h5-20,28,38-39H,4,21-24H2,1-3H3/t28-/m0/s1. The molecule has 236 valence electrons. The average molecular weight is 616 g/mol. The molecule has 2 N–H and O–H groups in total. The Hall–Kier alpha value is -4.73. The Morgan fingerprint density at radius 1 is 0.844 bits per heavy atom. The molecule has 0 aliphatic rings. The third kappa shape index (κ3) is 10.7. The Morgan fingerprint density at radius 3 is 2.09 bits per heavy atom. The first-order valence-corrected chi connectivity index (χ1v) is 14.7. The maximum atomic E-state index is 13.7. The molecule has 0 spiro atoms. The molecule has 0 unspecified atom stereocenters. The van der Waals surface area contributed by atoms with E-state index >= 15 is 0 Å². The molecule has 0 radical (unpaired) electrons. The summed E-state index contributed by atoms with van der Waals surface area (Å²) >= 11 is 0. The molecule has 8 nitrogen and oxygen atoms in total. The van der Waals surface area contributed by atoms with Crippen LogP contribution in [0.2, 0.25) is 0 Å². The maximum absolute atomic E-state index is 13.7. The zero-order valence-electron chi connectivity index (χ0n) is 25.6. The van der Waals surface area contributed by atoms with Gasteiger partial charge >= 0.3 is 11.9 Å². The number of carbonyl (C=O) groups excluding carboxylic acids is 2. The van der Waals surface area contributed by atoms with Gasteiger partial charge < -0.3 is 29.4 Å². The van der Waals surface area contributed by atoms with Crippen molar-refractivity contribution in [3.63, 3.8) is 0 Å². The molecule has 0 saturated heterocycles. The van der Waals surface area contributed by atoms with Crippen LogP contribution in [0.15, 0.2) is 97.1 Å². The molecule has 1 atom stereocenters. The van der Waals surface area contributed by atoms with Crippen molar-refractivity contribution in [2.75, 3.05) is 19.8 Å². The molecule has 4 rings (SSSR count). The normalized spacial score (nSPS) is 11.8. The van der Waals surface area contributed by atoms with Crippen molar-refractivity contribution < 1.29 is 38.0 Å². The number of rotatable bonds is 15. The van der Waals surface area contributed by atoms with E-state index in [4.69, 9.17) is 18.9 Å². The Kier molecular flexibility index (Phi) is 11.7. The zero-order chi connectivity index (χ0) is 32.2. The number of halogens is 1. The predicted molar refractivity (Wildman–Crippen MR) is 168 cm³/mol. The predicted octanol–water partition coefficient (Wildman–Crippen LogP) is 6.29. The molecule has 4 aromatic carbocycles. The SMILES string of the molecule is CCOC(=O)c1ccc(Oc2ccc(CC(C)(C)NC[C@H](O)COc3ccc(CC(=O)Oc4ccccc4F)cc3)cc2)cc1. The summed E-state index contributed by atoms with van der Waals surface area (Å²) in [4.78, 5) is 24.0. The molecular weight excluding hydrogens is 577 g/mol. The third-order valence-corrected chi connectivity index (χ3v) is 6.76. The molecule has 0 aliphatic heterocycles. The Bertz CT molecular complexity index is 1540. The number of para-hydroxylation sites is 1. The van der Waals surface area contributed by atoms with E-state index in [2.05, 4.69) is 19.2 Å². The van der Waals surface area contributed by atoms with Crippen molar-refractivity contribution in [2.24, 2.45) is 0 Å². The van der Waals surface area contributed by atoms with Gasteiger partial charge in [-0.25, -0.2) is 9.18 Å². The first kappa shape index (κ1) is 33.2. The number of esters is 2. The van der Waals surface area contributed by atoms with Crippen LogP contribution in [0.3, 0.4) is 0 Å².